The molecule has 0 saturated heterocycles. The summed E-state index contributed by atoms with van der Waals surface area (Å²) >= 11 is 0. The minimum absolute atomic E-state index is 0.477. The summed E-state index contributed by atoms with van der Waals surface area (Å²) in [4.78, 5) is 9.42. The lowest BCUT2D eigenvalue weighted by Gasteiger charge is -2.08. The Morgan fingerprint density at radius 3 is 3.09 bits per heavy atom. The highest BCUT2D eigenvalue weighted by Crippen LogP contribution is 2.12. The van der Waals surface area contributed by atoms with E-state index in [-0.39, 0.29) is 0 Å². The van der Waals surface area contributed by atoms with Gasteiger partial charge in [0.15, 0.2) is 0 Å². The van der Waals surface area contributed by atoms with Crippen molar-refractivity contribution in [1.82, 2.24) is 0 Å². The van der Waals surface area contributed by atoms with E-state index in [0.29, 0.717) is 0 Å². The van der Waals surface area contributed by atoms with Gasteiger partial charge in [0.1, 0.15) is 0 Å². The molecule has 0 saturated carbocycles. The monoisotopic (exact) mass is 155 g/mol. The van der Waals surface area contributed by atoms with Crippen molar-refractivity contribution in [1.29, 1.82) is 0 Å². The van der Waals surface area contributed by atoms with Crippen molar-refractivity contribution in [3.05, 3.63) is 34.2 Å². The van der Waals surface area contributed by atoms with Crippen molar-refractivity contribution in [2.45, 2.75) is 12.8 Å². The highest BCUT2D eigenvalue weighted by molar-refractivity contribution is 5.15. The first-order valence-corrected chi connectivity index (χ1v) is 3.41. The Labute approximate surface area is 64.3 Å². The second-order valence-electron chi connectivity index (χ2n) is 2.27. The molecule has 1 aliphatic rings. The summed E-state index contributed by atoms with van der Waals surface area (Å²) in [7, 11) is 0. The molecule has 1 rings (SSSR count). The van der Waals surface area contributed by atoms with E-state index in [4.69, 9.17) is 4.74 Å². The molecule has 0 N–H and O–H groups in total. The van der Waals surface area contributed by atoms with Crippen LogP contribution in [-0.2, 0) is 4.74 Å². The number of nitrogens with zero attached hydrogens (tertiary/aromatic N) is 1. The van der Waals surface area contributed by atoms with Gasteiger partial charge in [-0.3, -0.25) is 10.1 Å². The van der Waals surface area contributed by atoms with Crippen LogP contribution in [0.25, 0.3) is 0 Å². The molecule has 4 heteroatoms. The highest BCUT2D eigenvalue weighted by Gasteiger charge is 2.01. The van der Waals surface area contributed by atoms with Gasteiger partial charge in [-0.15, -0.1) is 0 Å². The number of ether oxygens (including phenoxy) is 1. The zero-order valence-electron chi connectivity index (χ0n) is 6.03. The first kappa shape index (κ1) is 7.78. The molecule has 0 radical (unpaired) electrons. The van der Waals surface area contributed by atoms with Crippen molar-refractivity contribution < 1.29 is 9.66 Å². The van der Waals surface area contributed by atoms with Gasteiger partial charge in [-0.05, 0) is 18.4 Å². The van der Waals surface area contributed by atoms with Crippen molar-refractivity contribution in [2.24, 2.45) is 0 Å². The maximum atomic E-state index is 9.89. The number of hydrogen-bond donors (Lipinski definition) is 0. The van der Waals surface area contributed by atoms with Gasteiger partial charge < -0.3 is 4.74 Å². The standard InChI is InChI=1S/C7H9NO3/c9-8(10)4-3-7-2-1-5-11-6-7/h3-4,6H,1-2,5H2/b4-3+. The second kappa shape index (κ2) is 3.75. The maximum absolute atomic E-state index is 9.89. The van der Waals surface area contributed by atoms with Gasteiger partial charge in [-0.25, -0.2) is 0 Å². The lowest BCUT2D eigenvalue weighted by atomic mass is 10.1. The Kier molecular flexibility index (Phi) is 2.66. The second-order valence-corrected chi connectivity index (χ2v) is 2.27. The predicted molar refractivity (Wildman–Crippen MR) is 39.4 cm³/mol. The Hall–Kier alpha value is -1.32. The van der Waals surface area contributed by atoms with Crippen LogP contribution in [0.15, 0.2) is 24.1 Å². The van der Waals surface area contributed by atoms with Gasteiger partial charge in [0, 0.05) is 6.08 Å². The largest absolute Gasteiger partial charge is 0.501 e. The van der Waals surface area contributed by atoms with Crippen LogP contribution in [0.1, 0.15) is 12.8 Å². The smallest absolute Gasteiger partial charge is 0.234 e. The summed E-state index contributed by atoms with van der Waals surface area (Å²) in [6.45, 7) is 0.718. The third kappa shape index (κ3) is 2.84. The number of allylic oxidation sites excluding steroid dienone is 2. The van der Waals surface area contributed by atoms with Gasteiger partial charge in [0.05, 0.1) is 17.8 Å². The van der Waals surface area contributed by atoms with E-state index in [1.807, 2.05) is 0 Å². The molecule has 0 fully saturated rings. The van der Waals surface area contributed by atoms with Crippen LogP contribution in [0.2, 0.25) is 0 Å². The van der Waals surface area contributed by atoms with Gasteiger partial charge in [0.2, 0.25) is 6.20 Å². The van der Waals surface area contributed by atoms with Crippen molar-refractivity contribution in [3.8, 4) is 0 Å². The Morgan fingerprint density at radius 1 is 1.73 bits per heavy atom. The van der Waals surface area contributed by atoms with E-state index in [2.05, 4.69) is 0 Å². The summed E-state index contributed by atoms with van der Waals surface area (Å²) < 4.78 is 4.98. The fraction of sp³-hybridized carbons (Fsp3) is 0.429. The maximum Gasteiger partial charge on any atom is 0.234 e. The van der Waals surface area contributed by atoms with E-state index in [1.165, 1.54) is 6.08 Å². The van der Waals surface area contributed by atoms with Crippen molar-refractivity contribution in [2.75, 3.05) is 6.61 Å². The van der Waals surface area contributed by atoms with Crippen molar-refractivity contribution >= 4 is 0 Å². The number of hydrogen-bond acceptors (Lipinski definition) is 3. The third-order valence-corrected chi connectivity index (χ3v) is 1.37. The van der Waals surface area contributed by atoms with Crippen LogP contribution >= 0.6 is 0 Å². The van der Waals surface area contributed by atoms with Crippen LogP contribution in [0.5, 0.6) is 0 Å². The number of rotatable bonds is 2. The van der Waals surface area contributed by atoms with Gasteiger partial charge >= 0.3 is 0 Å². The van der Waals surface area contributed by atoms with E-state index in [1.54, 1.807) is 6.26 Å². The zero-order valence-corrected chi connectivity index (χ0v) is 6.03. The predicted octanol–water partition coefficient (Wildman–Crippen LogP) is 1.47. The fourth-order valence-electron chi connectivity index (χ4n) is 0.864. The Balaban J connectivity index is 2.47. The molecule has 0 unspecified atom stereocenters. The summed E-state index contributed by atoms with van der Waals surface area (Å²) in [5.74, 6) is 0. The molecule has 0 aliphatic carbocycles. The average Bonchev–Trinajstić information content (AvgIpc) is 2.03. The van der Waals surface area contributed by atoms with Gasteiger partial charge in [-0.2, -0.15) is 0 Å². The van der Waals surface area contributed by atoms with Crippen LogP contribution in [0.3, 0.4) is 0 Å². The molecule has 0 aromatic carbocycles. The first-order valence-electron chi connectivity index (χ1n) is 3.41. The quantitative estimate of drug-likeness (QED) is 0.448. The van der Waals surface area contributed by atoms with Gasteiger partial charge in [0.25, 0.3) is 0 Å². The van der Waals surface area contributed by atoms with E-state index in [0.717, 1.165) is 31.2 Å². The molecule has 60 valence electrons. The molecule has 1 heterocycles. The highest BCUT2D eigenvalue weighted by atomic mass is 16.6. The fourth-order valence-corrected chi connectivity index (χ4v) is 0.864. The van der Waals surface area contributed by atoms with E-state index in [9.17, 15) is 10.1 Å². The van der Waals surface area contributed by atoms with Crippen LogP contribution in [-0.4, -0.2) is 11.5 Å². The molecule has 1 aliphatic heterocycles. The topological polar surface area (TPSA) is 52.4 Å². The minimum atomic E-state index is -0.477. The summed E-state index contributed by atoms with van der Waals surface area (Å²) in [6.07, 6.45) is 5.78. The summed E-state index contributed by atoms with van der Waals surface area (Å²) in [6, 6.07) is 0. The van der Waals surface area contributed by atoms with Crippen LogP contribution < -0.4 is 0 Å². The molecule has 0 atom stereocenters. The molecule has 4 nitrogen and oxygen atoms in total. The molecular formula is C7H9NO3. The molecule has 0 bridgehead atoms. The molecule has 11 heavy (non-hydrogen) atoms. The molecule has 0 aromatic heterocycles. The summed E-state index contributed by atoms with van der Waals surface area (Å²) in [5, 5.41) is 9.89. The van der Waals surface area contributed by atoms with Crippen LogP contribution in [0, 0.1) is 10.1 Å². The average molecular weight is 155 g/mol. The minimum Gasteiger partial charge on any atom is -0.501 e. The first-order chi connectivity index (χ1) is 5.29. The molecular weight excluding hydrogens is 146 g/mol. The lowest BCUT2D eigenvalue weighted by Crippen LogP contribution is -1.97. The van der Waals surface area contributed by atoms with Crippen LogP contribution in [0.4, 0.5) is 0 Å². The Bertz CT molecular complexity index is 208. The molecule has 0 aromatic rings. The van der Waals surface area contributed by atoms with E-state index < -0.39 is 4.92 Å². The molecule has 0 spiro atoms. The Morgan fingerprint density at radius 2 is 2.55 bits per heavy atom. The zero-order chi connectivity index (χ0) is 8.10. The normalized spacial score (nSPS) is 17.6. The van der Waals surface area contributed by atoms with Gasteiger partial charge in [-0.1, -0.05) is 0 Å². The summed E-state index contributed by atoms with van der Waals surface area (Å²) in [5.41, 5.74) is 0.882. The lowest BCUT2D eigenvalue weighted by molar-refractivity contribution is -0.402. The van der Waals surface area contributed by atoms with Crippen molar-refractivity contribution in [3.63, 3.8) is 0 Å². The van der Waals surface area contributed by atoms with E-state index >= 15 is 0 Å². The number of nitro groups is 1. The SMILES string of the molecule is O=[N+]([O-])/C=C/C1=COCCC1. The molecule has 0 amide bonds. The third-order valence-electron chi connectivity index (χ3n) is 1.37.